The standard InChI is InChI=1S/C26H21F4NS/c27-14-20-10-19(13-25(30)26(20)32-15-31)22-9-7-18(12-24(22)29)21-8-6-17(11-23(21)28)16-4-2-1-3-5-16/h6-13,16H,1-5,14H2. The van der Waals surface area contributed by atoms with E-state index in [9.17, 15) is 17.6 Å². The van der Waals surface area contributed by atoms with E-state index in [0.717, 1.165) is 37.3 Å². The molecule has 0 atom stereocenters. The van der Waals surface area contributed by atoms with E-state index in [0.29, 0.717) is 28.8 Å². The van der Waals surface area contributed by atoms with Crippen molar-refractivity contribution in [1.82, 2.24) is 0 Å². The SMILES string of the molecule is N#CSc1c(F)cc(-c2ccc(-c3ccc(C4CCCCC4)cc3F)cc2F)cc1CF. The van der Waals surface area contributed by atoms with Crippen molar-refractivity contribution in [2.45, 2.75) is 49.6 Å². The minimum atomic E-state index is -0.979. The fourth-order valence-corrected chi connectivity index (χ4v) is 4.93. The summed E-state index contributed by atoms with van der Waals surface area (Å²) in [5.41, 5.74) is 1.88. The van der Waals surface area contributed by atoms with Crippen LogP contribution < -0.4 is 0 Å². The van der Waals surface area contributed by atoms with E-state index in [1.807, 2.05) is 6.07 Å². The van der Waals surface area contributed by atoms with Crippen LogP contribution in [0.5, 0.6) is 0 Å². The predicted molar refractivity (Wildman–Crippen MR) is 119 cm³/mol. The van der Waals surface area contributed by atoms with Gasteiger partial charge in [-0.05, 0) is 71.5 Å². The summed E-state index contributed by atoms with van der Waals surface area (Å²) in [5, 5.41) is 10.5. The Kier molecular flexibility index (Phi) is 6.86. The van der Waals surface area contributed by atoms with Crippen molar-refractivity contribution in [3.05, 3.63) is 77.1 Å². The Balaban J connectivity index is 1.66. The Bertz CT molecular complexity index is 1180. The Morgan fingerprint density at radius 1 is 0.812 bits per heavy atom. The third kappa shape index (κ3) is 4.54. The van der Waals surface area contributed by atoms with Crippen LogP contribution in [0.25, 0.3) is 22.3 Å². The molecule has 164 valence electrons. The van der Waals surface area contributed by atoms with Gasteiger partial charge in [0.15, 0.2) is 0 Å². The topological polar surface area (TPSA) is 23.8 Å². The number of benzene rings is 3. The van der Waals surface area contributed by atoms with Gasteiger partial charge in [-0.25, -0.2) is 17.6 Å². The second-order valence-electron chi connectivity index (χ2n) is 8.04. The highest BCUT2D eigenvalue weighted by Crippen LogP contribution is 2.37. The van der Waals surface area contributed by atoms with E-state index in [4.69, 9.17) is 5.26 Å². The van der Waals surface area contributed by atoms with Crippen molar-refractivity contribution >= 4 is 11.8 Å². The molecule has 0 N–H and O–H groups in total. The number of halogens is 4. The number of hydrogen-bond donors (Lipinski definition) is 0. The van der Waals surface area contributed by atoms with E-state index in [1.54, 1.807) is 23.6 Å². The molecule has 1 fully saturated rings. The molecule has 0 aromatic heterocycles. The first-order valence-corrected chi connectivity index (χ1v) is 11.4. The molecule has 1 aliphatic rings. The molecule has 0 aliphatic heterocycles. The van der Waals surface area contributed by atoms with E-state index in [-0.39, 0.29) is 21.6 Å². The van der Waals surface area contributed by atoms with Crippen molar-refractivity contribution in [2.24, 2.45) is 0 Å². The van der Waals surface area contributed by atoms with Crippen LogP contribution in [0.1, 0.15) is 49.1 Å². The maximum atomic E-state index is 14.9. The Morgan fingerprint density at radius 2 is 1.47 bits per heavy atom. The summed E-state index contributed by atoms with van der Waals surface area (Å²) in [6.07, 6.45) is 5.65. The molecule has 4 rings (SSSR count). The van der Waals surface area contributed by atoms with Gasteiger partial charge in [-0.1, -0.05) is 43.5 Å². The predicted octanol–water partition coefficient (Wildman–Crippen LogP) is 8.53. The summed E-state index contributed by atoms with van der Waals surface area (Å²) in [6.45, 7) is -0.979. The smallest absolute Gasteiger partial charge is 0.138 e. The molecule has 1 nitrogen and oxygen atoms in total. The Hall–Kier alpha value is -2.78. The van der Waals surface area contributed by atoms with Crippen molar-refractivity contribution in [3.63, 3.8) is 0 Å². The molecule has 3 aromatic carbocycles. The number of nitriles is 1. The van der Waals surface area contributed by atoms with Crippen LogP contribution in [0.3, 0.4) is 0 Å². The maximum absolute atomic E-state index is 14.9. The highest BCUT2D eigenvalue weighted by molar-refractivity contribution is 8.03. The van der Waals surface area contributed by atoms with Gasteiger partial charge in [0.25, 0.3) is 0 Å². The maximum Gasteiger partial charge on any atom is 0.138 e. The van der Waals surface area contributed by atoms with Gasteiger partial charge >= 0.3 is 0 Å². The van der Waals surface area contributed by atoms with Crippen LogP contribution in [-0.4, -0.2) is 0 Å². The number of rotatable bonds is 5. The molecule has 0 spiro atoms. The fourth-order valence-electron chi connectivity index (χ4n) is 4.44. The molecule has 3 aromatic rings. The van der Waals surface area contributed by atoms with Crippen LogP contribution in [0.2, 0.25) is 0 Å². The summed E-state index contributed by atoms with van der Waals surface area (Å²) in [5.74, 6) is -1.48. The van der Waals surface area contributed by atoms with Gasteiger partial charge in [-0.3, -0.25) is 0 Å². The van der Waals surface area contributed by atoms with Gasteiger partial charge in [-0.2, -0.15) is 5.26 Å². The lowest BCUT2D eigenvalue weighted by Gasteiger charge is -2.22. The molecule has 1 aliphatic carbocycles. The second kappa shape index (κ2) is 9.79. The van der Waals surface area contributed by atoms with Crippen molar-refractivity contribution < 1.29 is 17.6 Å². The highest BCUT2D eigenvalue weighted by Gasteiger charge is 2.19. The third-order valence-corrected chi connectivity index (χ3v) is 6.83. The van der Waals surface area contributed by atoms with Crippen molar-refractivity contribution in [3.8, 4) is 27.7 Å². The molecule has 0 radical (unpaired) electrons. The molecule has 32 heavy (non-hydrogen) atoms. The van der Waals surface area contributed by atoms with E-state index < -0.39 is 24.1 Å². The van der Waals surface area contributed by atoms with Gasteiger partial charge in [0, 0.05) is 16.7 Å². The van der Waals surface area contributed by atoms with Crippen LogP contribution in [0.15, 0.2) is 53.4 Å². The number of hydrogen-bond acceptors (Lipinski definition) is 2. The average molecular weight is 456 g/mol. The lowest BCUT2D eigenvalue weighted by molar-refractivity contribution is 0.442. The van der Waals surface area contributed by atoms with Crippen LogP contribution in [-0.2, 0) is 6.67 Å². The molecule has 1 saturated carbocycles. The van der Waals surface area contributed by atoms with Crippen LogP contribution in [0.4, 0.5) is 17.6 Å². The zero-order chi connectivity index (χ0) is 22.7. The van der Waals surface area contributed by atoms with E-state index >= 15 is 0 Å². The second-order valence-corrected chi connectivity index (χ2v) is 8.84. The first-order chi connectivity index (χ1) is 15.5. The van der Waals surface area contributed by atoms with Crippen LogP contribution in [0, 0.1) is 28.1 Å². The Labute approximate surface area is 189 Å². The molecule has 0 unspecified atom stereocenters. The monoisotopic (exact) mass is 455 g/mol. The fraction of sp³-hybridized carbons (Fsp3) is 0.269. The third-order valence-electron chi connectivity index (χ3n) is 6.07. The normalized spacial score (nSPS) is 14.3. The summed E-state index contributed by atoms with van der Waals surface area (Å²) < 4.78 is 57.6. The number of thiocyanates is 1. The Morgan fingerprint density at radius 3 is 2.12 bits per heavy atom. The van der Waals surface area contributed by atoms with E-state index in [2.05, 4.69) is 0 Å². The van der Waals surface area contributed by atoms with Crippen LogP contribution >= 0.6 is 11.8 Å². The summed E-state index contributed by atoms with van der Waals surface area (Å²) in [4.78, 5) is -0.101. The summed E-state index contributed by atoms with van der Waals surface area (Å²) in [6, 6.07) is 11.8. The molecular weight excluding hydrogens is 434 g/mol. The molecule has 0 bridgehead atoms. The minimum absolute atomic E-state index is 0.0145. The molecule has 0 saturated heterocycles. The van der Waals surface area contributed by atoms with Gasteiger partial charge in [-0.15, -0.1) is 0 Å². The lowest BCUT2D eigenvalue weighted by Crippen LogP contribution is -2.05. The van der Waals surface area contributed by atoms with Gasteiger partial charge in [0.05, 0.1) is 4.90 Å². The zero-order valence-electron chi connectivity index (χ0n) is 17.3. The number of alkyl halides is 1. The molecular formula is C26H21F4NS. The molecule has 0 amide bonds. The van der Waals surface area contributed by atoms with Gasteiger partial charge in [0.2, 0.25) is 0 Å². The highest BCUT2D eigenvalue weighted by atomic mass is 32.2. The number of thioether (sulfide) groups is 1. The molecule has 6 heteroatoms. The zero-order valence-corrected chi connectivity index (χ0v) is 18.1. The number of nitrogens with zero attached hydrogens (tertiary/aromatic N) is 1. The van der Waals surface area contributed by atoms with Gasteiger partial charge < -0.3 is 0 Å². The quantitative estimate of drug-likeness (QED) is 0.219. The van der Waals surface area contributed by atoms with E-state index in [1.165, 1.54) is 24.6 Å². The summed E-state index contributed by atoms with van der Waals surface area (Å²) in [7, 11) is 0. The molecule has 0 heterocycles. The average Bonchev–Trinajstić information content (AvgIpc) is 2.80. The summed E-state index contributed by atoms with van der Waals surface area (Å²) >= 11 is 0.529. The van der Waals surface area contributed by atoms with Crippen molar-refractivity contribution in [2.75, 3.05) is 0 Å². The van der Waals surface area contributed by atoms with Gasteiger partial charge in [0.1, 0.15) is 29.5 Å². The first kappa shape index (κ1) is 22.4. The lowest BCUT2D eigenvalue weighted by atomic mass is 9.83. The van der Waals surface area contributed by atoms with Crippen molar-refractivity contribution in [1.29, 1.82) is 5.26 Å². The first-order valence-electron chi connectivity index (χ1n) is 10.6. The minimum Gasteiger partial charge on any atom is -0.246 e. The largest absolute Gasteiger partial charge is 0.246 e.